The number of piperidine rings is 1. The van der Waals surface area contributed by atoms with Crippen LogP contribution in [-0.4, -0.2) is 58.5 Å². The van der Waals surface area contributed by atoms with Crippen LogP contribution in [0.3, 0.4) is 0 Å². The van der Waals surface area contributed by atoms with Crippen molar-refractivity contribution in [3.63, 3.8) is 0 Å². The van der Waals surface area contributed by atoms with Crippen LogP contribution in [0.1, 0.15) is 56.3 Å². The number of rotatable bonds is 3. The molecule has 1 unspecified atom stereocenters. The SMILES string of the molecule is C=C1[C@@H](O)[C@]23C[C@@H]1[C@@H](OC(=O)c1ccccc1)C[C@H]2[C@@]12C4[C@H]3C[C@@H]1[C@@](C)(CC[C@@H]2O)CN4CC. The van der Waals surface area contributed by atoms with E-state index in [-0.39, 0.29) is 46.3 Å². The van der Waals surface area contributed by atoms with Crippen LogP contribution in [0.5, 0.6) is 0 Å². The zero-order valence-corrected chi connectivity index (χ0v) is 20.3. The minimum atomic E-state index is -0.576. The Morgan fingerprint density at radius 3 is 2.71 bits per heavy atom. The molecule has 5 heteroatoms. The number of esters is 1. The molecule has 34 heavy (non-hydrogen) atoms. The predicted molar refractivity (Wildman–Crippen MR) is 128 cm³/mol. The van der Waals surface area contributed by atoms with Gasteiger partial charge >= 0.3 is 5.97 Å². The highest BCUT2D eigenvalue weighted by atomic mass is 16.5. The molecule has 5 aliphatic carbocycles. The van der Waals surface area contributed by atoms with Crippen LogP contribution in [0.15, 0.2) is 42.5 Å². The van der Waals surface area contributed by atoms with Crippen molar-refractivity contribution in [2.24, 2.45) is 39.9 Å². The highest BCUT2D eigenvalue weighted by Gasteiger charge is 2.85. The Labute approximate surface area is 202 Å². The molecule has 2 N–H and O–H groups in total. The summed E-state index contributed by atoms with van der Waals surface area (Å²) < 4.78 is 6.20. The summed E-state index contributed by atoms with van der Waals surface area (Å²) >= 11 is 0. The van der Waals surface area contributed by atoms with E-state index in [4.69, 9.17) is 4.74 Å². The molecule has 0 amide bonds. The van der Waals surface area contributed by atoms with Gasteiger partial charge in [-0.15, -0.1) is 0 Å². The van der Waals surface area contributed by atoms with E-state index >= 15 is 0 Å². The molecule has 11 atom stereocenters. The minimum Gasteiger partial charge on any atom is -0.458 e. The Bertz CT molecular complexity index is 1060. The standard InChI is InChI=1S/C29H37NO4/c1-4-30-15-27(3)11-10-23(31)29-21(27)12-19(24(29)30)28-14-18(16(2)25(28)32)20(13-22(28)29)34-26(33)17-8-6-5-7-9-17/h5-9,18-25,31-32H,2,4,10-15H2,1,3H3/t18-,19+,20-,21+,22+,23-,24?,25+,27-,28-,29-/m0/s1. The first-order valence-electron chi connectivity index (χ1n) is 13.3. The van der Waals surface area contributed by atoms with Crippen molar-refractivity contribution in [1.82, 2.24) is 4.90 Å². The quantitative estimate of drug-likeness (QED) is 0.529. The molecule has 5 nitrogen and oxygen atoms in total. The van der Waals surface area contributed by atoms with Crippen molar-refractivity contribution < 1.29 is 19.7 Å². The number of hydrogen-bond acceptors (Lipinski definition) is 5. The summed E-state index contributed by atoms with van der Waals surface area (Å²) in [6.07, 6.45) is 3.36. The van der Waals surface area contributed by atoms with Gasteiger partial charge in [0.1, 0.15) is 6.10 Å². The number of benzene rings is 1. The Morgan fingerprint density at radius 1 is 1.21 bits per heavy atom. The molecular weight excluding hydrogens is 426 g/mol. The fraction of sp³-hybridized carbons (Fsp3) is 0.690. The Kier molecular flexibility index (Phi) is 4.28. The van der Waals surface area contributed by atoms with E-state index in [1.807, 2.05) is 18.2 Å². The van der Waals surface area contributed by atoms with E-state index in [9.17, 15) is 15.0 Å². The fourth-order valence-electron chi connectivity index (χ4n) is 10.9. The van der Waals surface area contributed by atoms with Crippen molar-refractivity contribution in [2.45, 2.75) is 70.3 Å². The summed E-state index contributed by atoms with van der Waals surface area (Å²) in [4.78, 5) is 15.7. The number of aliphatic hydroxyl groups excluding tert-OH is 2. The van der Waals surface area contributed by atoms with Crippen LogP contribution < -0.4 is 0 Å². The second-order valence-electron chi connectivity index (χ2n) is 12.6. The van der Waals surface area contributed by atoms with Crippen molar-refractivity contribution in [2.75, 3.05) is 13.1 Å². The molecule has 1 heterocycles. The van der Waals surface area contributed by atoms with Gasteiger partial charge in [-0.3, -0.25) is 4.90 Å². The molecule has 7 rings (SSSR count). The molecule has 0 radical (unpaired) electrons. The van der Waals surface area contributed by atoms with Crippen molar-refractivity contribution in [3.05, 3.63) is 48.0 Å². The van der Waals surface area contributed by atoms with E-state index in [1.54, 1.807) is 12.1 Å². The molecule has 1 aromatic carbocycles. The maximum atomic E-state index is 13.1. The monoisotopic (exact) mass is 463 g/mol. The average molecular weight is 464 g/mol. The van der Waals surface area contributed by atoms with Crippen molar-refractivity contribution in [3.8, 4) is 0 Å². The van der Waals surface area contributed by atoms with Crippen LogP contribution >= 0.6 is 0 Å². The lowest BCUT2D eigenvalue weighted by molar-refractivity contribution is -0.218. The molecule has 1 aliphatic heterocycles. The van der Waals surface area contributed by atoms with Gasteiger partial charge < -0.3 is 14.9 Å². The molecule has 1 saturated heterocycles. The zero-order valence-electron chi connectivity index (χ0n) is 20.3. The number of hydrogen-bond donors (Lipinski definition) is 2. The number of carbonyl (C=O) groups excluding carboxylic acids is 1. The minimum absolute atomic E-state index is 0.00305. The first-order valence-corrected chi connectivity index (χ1v) is 13.3. The molecule has 6 fully saturated rings. The van der Waals surface area contributed by atoms with E-state index in [2.05, 4.69) is 25.3 Å². The van der Waals surface area contributed by atoms with Crippen LogP contribution in [-0.2, 0) is 4.74 Å². The van der Waals surface area contributed by atoms with E-state index < -0.39 is 6.10 Å². The number of fused-ring (bicyclic) bond motifs is 1. The number of aliphatic hydroxyl groups is 2. The smallest absolute Gasteiger partial charge is 0.338 e. The summed E-state index contributed by atoms with van der Waals surface area (Å²) in [6.45, 7) is 11.1. The zero-order chi connectivity index (χ0) is 23.6. The van der Waals surface area contributed by atoms with Gasteiger partial charge in [0.05, 0.1) is 17.8 Å². The number of nitrogens with zero attached hydrogens (tertiary/aromatic N) is 1. The Morgan fingerprint density at radius 2 is 1.97 bits per heavy atom. The van der Waals surface area contributed by atoms with Gasteiger partial charge in [0.15, 0.2) is 0 Å². The Balaban J connectivity index is 1.33. The maximum absolute atomic E-state index is 13.1. The van der Waals surface area contributed by atoms with Crippen LogP contribution in [0.4, 0.5) is 0 Å². The van der Waals surface area contributed by atoms with Crippen LogP contribution in [0.25, 0.3) is 0 Å². The van der Waals surface area contributed by atoms with Gasteiger partial charge in [-0.25, -0.2) is 4.79 Å². The number of carbonyl (C=O) groups is 1. The Hall–Kier alpha value is -1.69. The lowest BCUT2D eigenvalue weighted by atomic mass is 9.43. The maximum Gasteiger partial charge on any atom is 0.338 e. The molecule has 0 aromatic heterocycles. The van der Waals surface area contributed by atoms with Crippen LogP contribution in [0.2, 0.25) is 0 Å². The van der Waals surface area contributed by atoms with Gasteiger partial charge in [-0.1, -0.05) is 38.6 Å². The summed E-state index contributed by atoms with van der Waals surface area (Å²) in [5, 5.41) is 23.6. The first kappa shape index (κ1) is 21.6. The highest BCUT2D eigenvalue weighted by Crippen LogP contribution is 2.83. The van der Waals surface area contributed by atoms with Gasteiger partial charge in [0.2, 0.25) is 0 Å². The predicted octanol–water partition coefficient (Wildman–Crippen LogP) is 3.66. The molecular formula is C29H37NO4. The summed E-state index contributed by atoms with van der Waals surface area (Å²) in [5.74, 6) is 0.700. The lowest BCUT2D eigenvalue weighted by Gasteiger charge is -2.65. The second kappa shape index (κ2) is 6.74. The molecule has 182 valence electrons. The third-order valence-corrected chi connectivity index (χ3v) is 11.8. The average Bonchev–Trinajstić information content (AvgIpc) is 3.36. The summed E-state index contributed by atoms with van der Waals surface area (Å²) in [5.41, 5.74) is 1.16. The van der Waals surface area contributed by atoms with Gasteiger partial charge in [-0.05, 0) is 79.5 Å². The third kappa shape index (κ3) is 2.22. The topological polar surface area (TPSA) is 70.0 Å². The summed E-state index contributed by atoms with van der Waals surface area (Å²) in [7, 11) is 0. The number of ether oxygens (including phenoxy) is 1. The molecule has 1 aromatic rings. The van der Waals surface area contributed by atoms with Gasteiger partial charge in [-0.2, -0.15) is 0 Å². The third-order valence-electron chi connectivity index (χ3n) is 11.8. The van der Waals surface area contributed by atoms with Gasteiger partial charge in [0.25, 0.3) is 0 Å². The van der Waals surface area contributed by atoms with E-state index in [0.717, 1.165) is 50.8 Å². The molecule has 7 bridgehead atoms. The second-order valence-corrected chi connectivity index (χ2v) is 12.6. The summed E-state index contributed by atoms with van der Waals surface area (Å²) in [6, 6.07) is 9.51. The largest absolute Gasteiger partial charge is 0.458 e. The van der Waals surface area contributed by atoms with E-state index in [1.165, 1.54) is 0 Å². The molecule has 2 spiro atoms. The van der Waals surface area contributed by atoms with Crippen molar-refractivity contribution >= 4 is 5.97 Å². The van der Waals surface area contributed by atoms with E-state index in [0.29, 0.717) is 23.4 Å². The molecule has 6 aliphatic rings. The normalized spacial score (nSPS) is 52.5. The first-order chi connectivity index (χ1) is 16.3. The van der Waals surface area contributed by atoms with Crippen molar-refractivity contribution in [1.29, 1.82) is 0 Å². The lowest BCUT2D eigenvalue weighted by Crippen LogP contribution is -2.68. The van der Waals surface area contributed by atoms with Gasteiger partial charge in [0, 0.05) is 29.3 Å². The van der Waals surface area contributed by atoms with Crippen LogP contribution in [0, 0.1) is 39.9 Å². The number of likely N-dealkylation sites (tertiary alicyclic amines) is 1. The molecule has 5 saturated carbocycles. The fourth-order valence-corrected chi connectivity index (χ4v) is 10.9. The highest BCUT2D eigenvalue weighted by molar-refractivity contribution is 5.89.